The normalized spacial score (nSPS) is 17.0. The third kappa shape index (κ3) is 2.00. The van der Waals surface area contributed by atoms with Crippen molar-refractivity contribution >= 4 is 22.7 Å². The molecule has 1 heterocycles. The van der Waals surface area contributed by atoms with Crippen LogP contribution in [0.2, 0.25) is 0 Å². The average molecular weight is 274 g/mol. The summed E-state index contributed by atoms with van der Waals surface area (Å²) < 4.78 is 8.24. The van der Waals surface area contributed by atoms with E-state index in [1.54, 1.807) is 0 Å². The van der Waals surface area contributed by atoms with Crippen molar-refractivity contribution in [2.24, 2.45) is 0 Å². The van der Waals surface area contributed by atoms with Crippen molar-refractivity contribution in [1.29, 1.82) is 0 Å². The standard InChI is InChI=1S/C19H16NO/c1-14-20(13-16-8-3-5-12-19(16)21-14)18-11-6-9-15-7-2-4-10-17(15)18/h2-14H,1H3/q+1. The minimum Gasteiger partial charge on any atom is -0.433 e. The molecule has 0 spiro atoms. The number of fused-ring (bicyclic) bond motifs is 2. The van der Waals surface area contributed by atoms with Crippen LogP contribution in [0.25, 0.3) is 10.8 Å². The summed E-state index contributed by atoms with van der Waals surface area (Å²) in [4.78, 5) is 0. The summed E-state index contributed by atoms with van der Waals surface area (Å²) in [5.41, 5.74) is 2.29. The van der Waals surface area contributed by atoms with Gasteiger partial charge in [-0.15, -0.1) is 0 Å². The zero-order valence-electron chi connectivity index (χ0n) is 11.9. The zero-order chi connectivity index (χ0) is 14.2. The molecule has 4 rings (SSSR count). The zero-order valence-corrected chi connectivity index (χ0v) is 11.9. The van der Waals surface area contributed by atoms with Gasteiger partial charge in [0, 0.05) is 13.0 Å². The molecule has 0 aromatic heterocycles. The van der Waals surface area contributed by atoms with Gasteiger partial charge in [-0.3, -0.25) is 0 Å². The molecule has 0 N–H and O–H groups in total. The second-order valence-corrected chi connectivity index (χ2v) is 5.29. The highest BCUT2D eigenvalue weighted by Crippen LogP contribution is 2.30. The predicted molar refractivity (Wildman–Crippen MR) is 85.6 cm³/mol. The summed E-state index contributed by atoms with van der Waals surface area (Å²) in [5, 5.41) is 2.49. The third-order valence-corrected chi connectivity index (χ3v) is 3.93. The molecule has 102 valence electrons. The third-order valence-electron chi connectivity index (χ3n) is 3.93. The van der Waals surface area contributed by atoms with Gasteiger partial charge in [-0.25, -0.2) is 0 Å². The summed E-state index contributed by atoms with van der Waals surface area (Å²) in [6, 6.07) is 23.0. The van der Waals surface area contributed by atoms with E-state index in [0.29, 0.717) is 0 Å². The largest absolute Gasteiger partial charge is 0.433 e. The molecule has 0 aliphatic carbocycles. The van der Waals surface area contributed by atoms with Crippen LogP contribution in [0.3, 0.4) is 0 Å². The minimum atomic E-state index is -0.0225. The second kappa shape index (κ2) is 4.74. The lowest BCUT2D eigenvalue weighted by molar-refractivity contribution is -0.521. The maximum absolute atomic E-state index is 6.04. The Morgan fingerprint density at radius 2 is 1.62 bits per heavy atom. The molecular weight excluding hydrogens is 258 g/mol. The van der Waals surface area contributed by atoms with E-state index < -0.39 is 0 Å². The molecule has 1 aliphatic heterocycles. The summed E-state index contributed by atoms with van der Waals surface area (Å²) in [6.45, 7) is 2.08. The molecule has 0 saturated heterocycles. The van der Waals surface area contributed by atoms with Gasteiger partial charge < -0.3 is 4.74 Å². The number of hydrogen-bond acceptors (Lipinski definition) is 1. The molecule has 2 nitrogen and oxygen atoms in total. The van der Waals surface area contributed by atoms with E-state index >= 15 is 0 Å². The van der Waals surface area contributed by atoms with E-state index in [9.17, 15) is 0 Å². The van der Waals surface area contributed by atoms with Crippen LogP contribution in [-0.2, 0) is 0 Å². The van der Waals surface area contributed by atoms with Gasteiger partial charge in [-0.2, -0.15) is 4.58 Å². The van der Waals surface area contributed by atoms with Gasteiger partial charge in [0.25, 0.3) is 6.23 Å². The van der Waals surface area contributed by atoms with Crippen molar-refractivity contribution in [3.05, 3.63) is 72.3 Å². The Balaban J connectivity index is 1.95. The van der Waals surface area contributed by atoms with E-state index in [1.165, 1.54) is 16.5 Å². The second-order valence-electron chi connectivity index (χ2n) is 5.29. The average Bonchev–Trinajstić information content (AvgIpc) is 2.54. The maximum atomic E-state index is 6.04. The first-order valence-corrected chi connectivity index (χ1v) is 7.19. The quantitative estimate of drug-likeness (QED) is 0.601. The monoisotopic (exact) mass is 274 g/mol. The number of para-hydroxylation sites is 1. The Morgan fingerprint density at radius 3 is 2.57 bits per heavy atom. The lowest BCUT2D eigenvalue weighted by Gasteiger charge is -2.20. The Morgan fingerprint density at radius 1 is 0.857 bits per heavy atom. The van der Waals surface area contributed by atoms with Crippen LogP contribution < -0.4 is 4.74 Å². The number of rotatable bonds is 1. The molecule has 3 aromatic carbocycles. The minimum absolute atomic E-state index is 0.0225. The molecule has 21 heavy (non-hydrogen) atoms. The molecule has 0 radical (unpaired) electrons. The van der Waals surface area contributed by atoms with E-state index in [1.807, 2.05) is 18.2 Å². The highest BCUT2D eigenvalue weighted by Gasteiger charge is 2.27. The Labute approximate surface area is 123 Å². The number of benzene rings is 3. The van der Waals surface area contributed by atoms with Gasteiger partial charge in [0.1, 0.15) is 5.75 Å². The van der Waals surface area contributed by atoms with Crippen LogP contribution >= 0.6 is 0 Å². The van der Waals surface area contributed by atoms with Gasteiger partial charge in [-0.05, 0) is 23.6 Å². The van der Waals surface area contributed by atoms with Crippen molar-refractivity contribution in [2.75, 3.05) is 0 Å². The van der Waals surface area contributed by atoms with Gasteiger partial charge in [0.15, 0.2) is 6.21 Å². The van der Waals surface area contributed by atoms with Crippen LogP contribution in [0.5, 0.6) is 5.75 Å². The first-order valence-electron chi connectivity index (χ1n) is 7.19. The van der Waals surface area contributed by atoms with Crippen molar-refractivity contribution in [1.82, 2.24) is 0 Å². The summed E-state index contributed by atoms with van der Waals surface area (Å²) in [7, 11) is 0. The molecule has 1 atom stereocenters. The Hall–Kier alpha value is -2.61. The number of nitrogens with zero attached hydrogens (tertiary/aromatic N) is 1. The first kappa shape index (κ1) is 12.2. The van der Waals surface area contributed by atoms with Crippen LogP contribution in [0.15, 0.2) is 66.7 Å². The van der Waals surface area contributed by atoms with Crippen LogP contribution in [0, 0.1) is 0 Å². The lowest BCUT2D eigenvalue weighted by atomic mass is 10.1. The van der Waals surface area contributed by atoms with Gasteiger partial charge in [-0.1, -0.05) is 42.5 Å². The van der Waals surface area contributed by atoms with Crippen LogP contribution in [-0.4, -0.2) is 17.0 Å². The number of hydrogen-bond donors (Lipinski definition) is 0. The highest BCUT2D eigenvalue weighted by atomic mass is 16.5. The smallest absolute Gasteiger partial charge is 0.299 e. The molecule has 0 saturated carbocycles. The fourth-order valence-corrected chi connectivity index (χ4v) is 2.89. The molecule has 3 aromatic rings. The molecule has 1 aliphatic rings. The Kier molecular flexibility index (Phi) is 2.74. The fraction of sp³-hybridized carbons (Fsp3) is 0.105. The molecule has 1 unspecified atom stereocenters. The highest BCUT2D eigenvalue weighted by molar-refractivity contribution is 5.92. The molecule has 2 heteroatoms. The molecule has 0 fully saturated rings. The summed E-state index contributed by atoms with van der Waals surface area (Å²) in [5.74, 6) is 0.946. The molecule has 0 bridgehead atoms. The van der Waals surface area contributed by atoms with E-state index in [2.05, 4.69) is 66.2 Å². The molecular formula is C19H16NO+. The van der Waals surface area contributed by atoms with Gasteiger partial charge in [0.2, 0.25) is 5.69 Å². The summed E-state index contributed by atoms with van der Waals surface area (Å²) in [6.07, 6.45) is 2.15. The van der Waals surface area contributed by atoms with E-state index in [-0.39, 0.29) is 6.23 Å². The predicted octanol–water partition coefficient (Wildman–Crippen LogP) is 4.34. The van der Waals surface area contributed by atoms with E-state index in [4.69, 9.17) is 4.74 Å². The number of ether oxygens (including phenoxy) is 1. The van der Waals surface area contributed by atoms with Crippen molar-refractivity contribution in [3.63, 3.8) is 0 Å². The SMILES string of the molecule is CC1Oc2ccccc2C=[N+]1c1cccc2ccccc12. The lowest BCUT2D eigenvalue weighted by Crippen LogP contribution is -2.30. The Bertz CT molecular complexity index is 846. The van der Waals surface area contributed by atoms with Crippen molar-refractivity contribution < 1.29 is 9.31 Å². The van der Waals surface area contributed by atoms with Gasteiger partial charge >= 0.3 is 0 Å². The fourth-order valence-electron chi connectivity index (χ4n) is 2.89. The van der Waals surface area contributed by atoms with E-state index in [0.717, 1.165) is 11.3 Å². The maximum Gasteiger partial charge on any atom is 0.299 e. The topological polar surface area (TPSA) is 12.2 Å². The van der Waals surface area contributed by atoms with Crippen LogP contribution in [0.4, 0.5) is 5.69 Å². The summed E-state index contributed by atoms with van der Waals surface area (Å²) >= 11 is 0. The van der Waals surface area contributed by atoms with Gasteiger partial charge in [0.05, 0.1) is 10.9 Å². The van der Waals surface area contributed by atoms with Crippen molar-refractivity contribution in [3.8, 4) is 5.75 Å². The van der Waals surface area contributed by atoms with Crippen molar-refractivity contribution in [2.45, 2.75) is 13.2 Å². The molecule has 0 amide bonds. The van der Waals surface area contributed by atoms with Crippen LogP contribution in [0.1, 0.15) is 12.5 Å². The first-order chi connectivity index (χ1) is 10.3.